The lowest BCUT2D eigenvalue weighted by Crippen LogP contribution is -2.46. The highest BCUT2D eigenvalue weighted by atomic mass is 35.5. The molecule has 2 aliphatic rings. The number of unbranched alkanes of at least 4 members (excludes halogenated alkanes) is 1. The Morgan fingerprint density at radius 1 is 1.05 bits per heavy atom. The molecule has 44 heavy (non-hydrogen) atoms. The number of carbonyl (C=O) groups is 2. The molecule has 0 saturated carbocycles. The third-order valence-electron chi connectivity index (χ3n) is 8.27. The van der Waals surface area contributed by atoms with Crippen LogP contribution in [0.15, 0.2) is 36.4 Å². The van der Waals surface area contributed by atoms with E-state index in [0.717, 1.165) is 74.7 Å². The van der Waals surface area contributed by atoms with E-state index < -0.39 is 6.09 Å². The van der Waals surface area contributed by atoms with Gasteiger partial charge in [-0.25, -0.2) is 4.79 Å². The van der Waals surface area contributed by atoms with E-state index in [4.69, 9.17) is 32.7 Å². The van der Waals surface area contributed by atoms with Gasteiger partial charge in [0.25, 0.3) is 0 Å². The van der Waals surface area contributed by atoms with Gasteiger partial charge in [-0.05, 0) is 91.2 Å². The third-order valence-corrected chi connectivity index (χ3v) is 10.3. The van der Waals surface area contributed by atoms with Crippen LogP contribution in [-0.4, -0.2) is 79.8 Å². The van der Waals surface area contributed by atoms with E-state index in [9.17, 15) is 9.59 Å². The van der Waals surface area contributed by atoms with Crippen LogP contribution in [0.4, 0.5) is 16.2 Å². The molecule has 11 heteroatoms. The van der Waals surface area contributed by atoms with Crippen LogP contribution in [0.3, 0.4) is 0 Å². The summed E-state index contributed by atoms with van der Waals surface area (Å²) in [4.78, 5) is 32.3. The Morgan fingerprint density at radius 3 is 2.50 bits per heavy atom. The summed E-state index contributed by atoms with van der Waals surface area (Å²) in [6.07, 6.45) is 3.50. The molecule has 2 amide bonds. The number of nitrogens with zero attached hydrogens (tertiary/aromatic N) is 4. The Morgan fingerprint density at radius 2 is 1.80 bits per heavy atom. The summed E-state index contributed by atoms with van der Waals surface area (Å²) in [7, 11) is 0.267. The van der Waals surface area contributed by atoms with E-state index in [0.29, 0.717) is 35.4 Å². The van der Waals surface area contributed by atoms with E-state index in [2.05, 4.69) is 37.5 Å². The molecule has 0 radical (unpaired) electrons. The van der Waals surface area contributed by atoms with Gasteiger partial charge in [0.1, 0.15) is 5.75 Å². The highest BCUT2D eigenvalue weighted by Crippen LogP contribution is 2.35. The van der Waals surface area contributed by atoms with Gasteiger partial charge in [-0.2, -0.15) is 0 Å². The Kier molecular flexibility index (Phi) is 12.5. The molecule has 242 valence electrons. The van der Waals surface area contributed by atoms with Gasteiger partial charge in [-0.1, -0.05) is 49.2 Å². The number of hydrogen-bond donors (Lipinski definition) is 0. The summed E-state index contributed by atoms with van der Waals surface area (Å²) in [5.41, 5.74) is 2.49. The minimum Gasteiger partial charge on any atom is -0.494 e. The first kappa shape index (κ1) is 34.6. The van der Waals surface area contributed by atoms with Crippen molar-refractivity contribution in [2.75, 3.05) is 62.5 Å². The van der Waals surface area contributed by atoms with Gasteiger partial charge in [0.2, 0.25) is 5.91 Å². The fourth-order valence-electron chi connectivity index (χ4n) is 6.24. The number of aryl methyl sites for hydroxylation is 1. The van der Waals surface area contributed by atoms with Gasteiger partial charge < -0.3 is 14.4 Å². The molecule has 0 spiro atoms. The number of ether oxygens (including phenoxy) is 2. The van der Waals surface area contributed by atoms with Gasteiger partial charge in [0.15, 0.2) is 6.73 Å². The first-order chi connectivity index (χ1) is 21.0. The monoisotopic (exact) mass is 664 g/mol. The number of piperazine rings is 1. The number of rotatable bonds is 13. The van der Waals surface area contributed by atoms with Gasteiger partial charge in [-0.3, -0.25) is 19.3 Å². The molecule has 1 saturated heterocycles. The Labute approximate surface area is 274 Å². The predicted molar refractivity (Wildman–Crippen MR) is 183 cm³/mol. The van der Waals surface area contributed by atoms with Crippen molar-refractivity contribution < 1.29 is 19.1 Å². The normalized spacial score (nSPS) is 16.1. The highest BCUT2D eigenvalue weighted by Gasteiger charge is 2.33. The number of anilines is 2. The molecule has 1 unspecified atom stereocenters. The smallest absolute Gasteiger partial charge is 0.415 e. The maximum absolute atomic E-state index is 13.1. The van der Waals surface area contributed by atoms with Crippen LogP contribution in [0, 0.1) is 5.92 Å². The molecule has 1 fully saturated rings. The summed E-state index contributed by atoms with van der Waals surface area (Å²) in [5.74, 6) is 1.12. The molecule has 0 N–H and O–H groups in total. The number of fused-ring (bicyclic) bond motifs is 1. The maximum atomic E-state index is 13.1. The number of hydrogen-bond acceptors (Lipinski definition) is 6. The topological polar surface area (TPSA) is 65.6 Å². The van der Waals surface area contributed by atoms with Crippen molar-refractivity contribution >= 4 is 55.3 Å². The number of amides is 2. The molecule has 2 aliphatic heterocycles. The number of halogens is 2. The molecule has 2 heterocycles. The van der Waals surface area contributed by atoms with Gasteiger partial charge in [0, 0.05) is 44.2 Å². The van der Waals surface area contributed by atoms with E-state index in [-0.39, 0.29) is 26.9 Å². The fraction of sp³-hybridized carbons (Fsp3) is 0.576. The van der Waals surface area contributed by atoms with Crippen LogP contribution in [-0.2, 0) is 16.0 Å². The van der Waals surface area contributed by atoms with Crippen molar-refractivity contribution in [1.82, 2.24) is 9.57 Å². The van der Waals surface area contributed by atoms with Gasteiger partial charge in [0.05, 0.1) is 28.0 Å². The largest absolute Gasteiger partial charge is 0.494 e. The van der Waals surface area contributed by atoms with E-state index >= 15 is 0 Å². The van der Waals surface area contributed by atoms with Crippen LogP contribution < -0.4 is 14.5 Å². The molecule has 8 nitrogen and oxygen atoms in total. The summed E-state index contributed by atoms with van der Waals surface area (Å²) in [6, 6.07) is 11.7. The average molecular weight is 666 g/mol. The lowest BCUT2D eigenvalue weighted by atomic mass is 9.93. The molecule has 0 aromatic heterocycles. The fourth-order valence-corrected chi connectivity index (χ4v) is 7.60. The standard InChI is InChI=1S/C33H47Cl2N4O4P/c1-24(2)22-33(3,4)39(44-5)32(41)43-23-38-29-21-26(13-11-25(29)12-14-30(38)40)42-20-7-6-15-36-16-18-37(19-17-36)28-10-8-9-27(34)31(28)35/h8-11,13,21,24,44H,6-7,12,14-20,22-23H2,1-5H3. The van der Waals surface area contributed by atoms with Crippen molar-refractivity contribution in [2.45, 2.75) is 65.3 Å². The minimum atomic E-state index is -0.390. The van der Waals surface area contributed by atoms with E-state index in [1.807, 2.05) is 43.1 Å². The third kappa shape index (κ3) is 8.93. The molecule has 4 rings (SSSR count). The summed E-state index contributed by atoms with van der Waals surface area (Å²) < 4.78 is 13.6. The number of benzene rings is 2. The van der Waals surface area contributed by atoms with E-state index in [1.165, 1.54) is 0 Å². The molecular formula is C33H47Cl2N4O4P. The SMILES string of the molecule is CPN(C(=O)OCN1C(=O)CCc2ccc(OCCCCN3CCN(c4cccc(Cl)c4Cl)CC3)cc21)C(C)(C)CC(C)C. The van der Waals surface area contributed by atoms with Crippen LogP contribution in [0.5, 0.6) is 5.75 Å². The molecule has 2 aromatic rings. The zero-order valence-corrected chi connectivity index (χ0v) is 29.2. The number of carbonyl (C=O) groups excluding carboxylic acids is 2. The quantitative estimate of drug-likeness (QED) is 0.162. The van der Waals surface area contributed by atoms with Crippen LogP contribution >= 0.6 is 31.9 Å². The van der Waals surface area contributed by atoms with Crippen molar-refractivity contribution in [3.05, 3.63) is 52.0 Å². The van der Waals surface area contributed by atoms with E-state index in [1.54, 1.807) is 9.57 Å². The maximum Gasteiger partial charge on any atom is 0.415 e. The highest BCUT2D eigenvalue weighted by molar-refractivity contribution is 7.35. The van der Waals surface area contributed by atoms with Crippen LogP contribution in [0.1, 0.15) is 58.9 Å². The van der Waals surface area contributed by atoms with Gasteiger partial charge in [-0.15, -0.1) is 0 Å². The van der Waals surface area contributed by atoms with Gasteiger partial charge >= 0.3 is 6.09 Å². The van der Waals surface area contributed by atoms with Crippen LogP contribution in [0.25, 0.3) is 0 Å². The van der Waals surface area contributed by atoms with Crippen molar-refractivity contribution in [3.8, 4) is 5.75 Å². The second kappa shape index (κ2) is 15.8. The summed E-state index contributed by atoms with van der Waals surface area (Å²) in [5, 5.41) is 1.22. The Hall–Kier alpha value is -2.25. The molecule has 0 bridgehead atoms. The summed E-state index contributed by atoms with van der Waals surface area (Å²) >= 11 is 12.6. The molecule has 2 aromatic carbocycles. The first-order valence-electron chi connectivity index (χ1n) is 15.6. The average Bonchev–Trinajstić information content (AvgIpc) is 2.98. The Bertz CT molecular complexity index is 1290. The lowest BCUT2D eigenvalue weighted by molar-refractivity contribution is -0.119. The van der Waals surface area contributed by atoms with Crippen LogP contribution in [0.2, 0.25) is 10.0 Å². The van der Waals surface area contributed by atoms with Crippen molar-refractivity contribution in [2.24, 2.45) is 5.92 Å². The zero-order valence-electron chi connectivity index (χ0n) is 26.7. The van der Waals surface area contributed by atoms with Crippen molar-refractivity contribution in [3.63, 3.8) is 0 Å². The minimum absolute atomic E-state index is 0.0490. The molecule has 0 aliphatic carbocycles. The second-order valence-electron chi connectivity index (χ2n) is 12.6. The second-order valence-corrected chi connectivity index (χ2v) is 14.3. The zero-order chi connectivity index (χ0) is 31.9. The Balaban J connectivity index is 1.24. The lowest BCUT2D eigenvalue weighted by Gasteiger charge is -2.38. The molecular weight excluding hydrogens is 618 g/mol. The molecule has 1 atom stereocenters. The predicted octanol–water partition coefficient (Wildman–Crippen LogP) is 7.70. The van der Waals surface area contributed by atoms with Crippen molar-refractivity contribution in [1.29, 1.82) is 0 Å². The first-order valence-corrected chi connectivity index (χ1v) is 17.8. The summed E-state index contributed by atoms with van der Waals surface area (Å²) in [6.45, 7) is 15.7.